The summed E-state index contributed by atoms with van der Waals surface area (Å²) < 4.78 is 30.4. The van der Waals surface area contributed by atoms with Gasteiger partial charge in [-0.05, 0) is 50.3 Å². The summed E-state index contributed by atoms with van der Waals surface area (Å²) in [6.45, 7) is 3.56. The van der Waals surface area contributed by atoms with Crippen molar-refractivity contribution in [2.75, 3.05) is 31.9 Å². The maximum absolute atomic E-state index is 12.3. The van der Waals surface area contributed by atoms with Gasteiger partial charge in [0.15, 0.2) is 11.5 Å². The Hall–Kier alpha value is -2.01. The third kappa shape index (κ3) is 12.2. The van der Waals surface area contributed by atoms with E-state index in [1.54, 1.807) is 17.8 Å². The van der Waals surface area contributed by atoms with Crippen LogP contribution in [0.3, 0.4) is 0 Å². The number of ether oxygens (including phenoxy) is 2. The van der Waals surface area contributed by atoms with Crippen LogP contribution >= 0.6 is 20.2 Å². The van der Waals surface area contributed by atoms with E-state index >= 15 is 0 Å². The summed E-state index contributed by atoms with van der Waals surface area (Å²) in [6.07, 6.45) is 13.8. The van der Waals surface area contributed by atoms with Crippen molar-refractivity contribution in [1.82, 2.24) is 19.5 Å². The molecule has 3 aromatic rings. The lowest BCUT2D eigenvalue weighted by atomic mass is 10.0. The number of anilines is 1. The number of fused-ring (bicyclic) bond motifs is 1. The summed E-state index contributed by atoms with van der Waals surface area (Å²) in [6, 6.07) is 8.45. The fourth-order valence-corrected chi connectivity index (χ4v) is 5.43. The van der Waals surface area contributed by atoms with Gasteiger partial charge in [0, 0.05) is 18.1 Å². The standard InChI is InChI=1S/C28H44N5O5PS/c1-23(19-33-21-32-26-27(29)30-20-31-28(26)33)37-22-39(34,35)38-18-10-17-36-16-9-7-5-3-2-4-6-8-11-24-12-14-25(40)15-13-24/h12-15,20-21,23,40H,2-11,16-19,22H2,1H3,(H,34,35)(H2,29,30,31)/t23-/m1/s1. The predicted octanol–water partition coefficient (Wildman–Crippen LogP) is 6.03. The molecule has 0 bridgehead atoms. The van der Waals surface area contributed by atoms with Crippen LogP contribution in [0.15, 0.2) is 41.8 Å². The Kier molecular flexibility index (Phi) is 14.4. The minimum absolute atomic E-state index is 0.147. The first kappa shape index (κ1) is 32.5. The summed E-state index contributed by atoms with van der Waals surface area (Å²) >= 11 is 4.33. The molecule has 0 fully saturated rings. The highest BCUT2D eigenvalue weighted by Gasteiger charge is 2.21. The van der Waals surface area contributed by atoms with Crippen molar-refractivity contribution in [3.8, 4) is 0 Å². The van der Waals surface area contributed by atoms with Gasteiger partial charge < -0.3 is 29.2 Å². The number of thiol groups is 1. The molecule has 0 radical (unpaired) electrons. The first-order valence-electron chi connectivity index (χ1n) is 14.2. The van der Waals surface area contributed by atoms with Crippen LogP contribution < -0.4 is 5.73 Å². The Morgan fingerprint density at radius 3 is 2.38 bits per heavy atom. The molecular formula is C28H44N5O5PS. The highest BCUT2D eigenvalue weighted by molar-refractivity contribution is 7.80. The molecular weight excluding hydrogens is 549 g/mol. The van der Waals surface area contributed by atoms with Gasteiger partial charge in [-0.25, -0.2) is 15.0 Å². The number of rotatable bonds is 21. The number of imidazole rings is 1. The van der Waals surface area contributed by atoms with E-state index in [2.05, 4.69) is 51.8 Å². The van der Waals surface area contributed by atoms with Gasteiger partial charge in [0.25, 0.3) is 0 Å². The van der Waals surface area contributed by atoms with Gasteiger partial charge in [-0.15, -0.1) is 12.6 Å². The molecule has 2 heterocycles. The molecule has 1 aromatic carbocycles. The minimum Gasteiger partial charge on any atom is -0.382 e. The zero-order chi connectivity index (χ0) is 28.6. The summed E-state index contributed by atoms with van der Waals surface area (Å²) in [7, 11) is -3.85. The van der Waals surface area contributed by atoms with Crippen LogP contribution in [0, 0.1) is 0 Å². The molecule has 0 saturated heterocycles. The Morgan fingerprint density at radius 1 is 0.950 bits per heavy atom. The minimum atomic E-state index is -3.85. The van der Waals surface area contributed by atoms with E-state index in [1.165, 1.54) is 56.8 Å². The van der Waals surface area contributed by atoms with Crippen molar-refractivity contribution in [1.29, 1.82) is 0 Å². The molecule has 0 aliphatic heterocycles. The molecule has 0 aliphatic carbocycles. The summed E-state index contributed by atoms with van der Waals surface area (Å²) in [5.41, 5.74) is 8.30. The molecule has 10 nitrogen and oxygen atoms in total. The van der Waals surface area contributed by atoms with Crippen LogP contribution in [0.25, 0.3) is 11.2 Å². The summed E-state index contributed by atoms with van der Waals surface area (Å²) in [5, 5.41) is 0. The molecule has 0 saturated carbocycles. The number of nitrogens with two attached hydrogens (primary N) is 1. The Bertz CT molecular complexity index is 1180. The average molecular weight is 594 g/mol. The van der Waals surface area contributed by atoms with Gasteiger partial charge in [0.05, 0.1) is 25.6 Å². The number of hydrogen-bond donors (Lipinski definition) is 3. The van der Waals surface area contributed by atoms with Gasteiger partial charge in [0.1, 0.15) is 18.2 Å². The van der Waals surface area contributed by atoms with Crippen molar-refractivity contribution in [2.45, 2.75) is 88.7 Å². The van der Waals surface area contributed by atoms with E-state index in [1.807, 2.05) is 0 Å². The zero-order valence-electron chi connectivity index (χ0n) is 23.5. The number of aryl methyl sites for hydroxylation is 1. The Labute approximate surface area is 243 Å². The van der Waals surface area contributed by atoms with Gasteiger partial charge in [0.2, 0.25) is 0 Å². The predicted molar refractivity (Wildman–Crippen MR) is 161 cm³/mol. The lowest BCUT2D eigenvalue weighted by Crippen LogP contribution is -2.17. The van der Waals surface area contributed by atoms with Crippen LogP contribution in [-0.4, -0.2) is 56.7 Å². The van der Waals surface area contributed by atoms with E-state index in [9.17, 15) is 9.46 Å². The third-order valence-corrected chi connectivity index (χ3v) is 7.93. The third-order valence-electron chi connectivity index (χ3n) is 6.57. The van der Waals surface area contributed by atoms with Crippen molar-refractivity contribution in [3.63, 3.8) is 0 Å². The molecule has 3 N–H and O–H groups in total. The molecule has 0 spiro atoms. The van der Waals surface area contributed by atoms with Gasteiger partial charge in [-0.3, -0.25) is 4.57 Å². The zero-order valence-corrected chi connectivity index (χ0v) is 25.3. The summed E-state index contributed by atoms with van der Waals surface area (Å²) in [4.78, 5) is 23.4. The van der Waals surface area contributed by atoms with Crippen LogP contribution in [0.2, 0.25) is 0 Å². The van der Waals surface area contributed by atoms with E-state index in [0.29, 0.717) is 43.2 Å². The average Bonchev–Trinajstić information content (AvgIpc) is 3.34. The molecule has 0 amide bonds. The van der Waals surface area contributed by atoms with Crippen molar-refractivity contribution in [3.05, 3.63) is 42.5 Å². The number of unbranched alkanes of at least 4 members (excludes halogenated alkanes) is 7. The Balaban J connectivity index is 1.11. The van der Waals surface area contributed by atoms with Crippen molar-refractivity contribution >= 4 is 37.2 Å². The molecule has 2 atom stereocenters. The van der Waals surface area contributed by atoms with E-state index in [4.69, 9.17) is 19.7 Å². The maximum Gasteiger partial charge on any atom is 0.353 e. The van der Waals surface area contributed by atoms with Crippen LogP contribution in [0.4, 0.5) is 5.82 Å². The number of aromatic nitrogens is 4. The number of hydrogen-bond acceptors (Lipinski definition) is 9. The van der Waals surface area contributed by atoms with Crippen molar-refractivity contribution < 1.29 is 23.5 Å². The lowest BCUT2D eigenvalue weighted by Gasteiger charge is -2.17. The van der Waals surface area contributed by atoms with Crippen LogP contribution in [0.1, 0.15) is 70.3 Å². The van der Waals surface area contributed by atoms with Gasteiger partial charge in [-0.1, -0.05) is 50.7 Å². The van der Waals surface area contributed by atoms with Crippen LogP contribution in [0.5, 0.6) is 0 Å². The largest absolute Gasteiger partial charge is 0.382 e. The Morgan fingerprint density at radius 2 is 1.62 bits per heavy atom. The molecule has 1 unspecified atom stereocenters. The second-order valence-corrected chi connectivity index (χ2v) is 12.4. The van der Waals surface area contributed by atoms with Crippen LogP contribution in [-0.2, 0) is 31.5 Å². The normalized spacial score (nSPS) is 14.0. The maximum atomic E-state index is 12.3. The first-order valence-corrected chi connectivity index (χ1v) is 16.4. The topological polar surface area (TPSA) is 135 Å². The molecule has 0 aliphatic rings. The van der Waals surface area contributed by atoms with E-state index in [-0.39, 0.29) is 19.1 Å². The number of nitrogen functional groups attached to an aromatic ring is 1. The fraction of sp³-hybridized carbons (Fsp3) is 0.607. The molecule has 12 heteroatoms. The SMILES string of the molecule is C[C@H](Cn1cnc2c(N)ncnc21)OCP(=O)(O)OCCCOCCCCCCCCCCc1ccc(S)cc1. The van der Waals surface area contributed by atoms with Gasteiger partial charge in [-0.2, -0.15) is 0 Å². The van der Waals surface area contributed by atoms with E-state index < -0.39 is 7.60 Å². The second-order valence-electron chi connectivity index (χ2n) is 10.1. The second kappa shape index (κ2) is 17.7. The molecule has 3 rings (SSSR count). The summed E-state index contributed by atoms with van der Waals surface area (Å²) in [5.74, 6) is 0.305. The van der Waals surface area contributed by atoms with Crippen molar-refractivity contribution in [2.24, 2.45) is 0 Å². The lowest BCUT2D eigenvalue weighted by molar-refractivity contribution is 0.0688. The quantitative estimate of drug-likeness (QED) is 0.0768. The highest BCUT2D eigenvalue weighted by atomic mass is 32.1. The highest BCUT2D eigenvalue weighted by Crippen LogP contribution is 2.42. The monoisotopic (exact) mass is 593 g/mol. The first-order chi connectivity index (χ1) is 19.3. The molecule has 2 aromatic heterocycles. The van der Waals surface area contributed by atoms with E-state index in [0.717, 1.165) is 17.7 Å². The molecule has 40 heavy (non-hydrogen) atoms. The van der Waals surface area contributed by atoms with Gasteiger partial charge >= 0.3 is 7.60 Å². The fourth-order valence-electron chi connectivity index (χ4n) is 4.35. The molecule has 222 valence electrons. The smallest absolute Gasteiger partial charge is 0.353 e. The number of benzene rings is 1. The number of nitrogens with zero attached hydrogens (tertiary/aromatic N) is 4.